The molecule has 0 heterocycles. The molecule has 0 unspecified atom stereocenters. The average molecular weight is 327 g/mol. The highest BCUT2D eigenvalue weighted by Gasteiger charge is 2.27. The molecule has 1 rings (SSSR count). The number of benzene rings is 1. The van der Waals surface area contributed by atoms with Crippen molar-refractivity contribution in [3.63, 3.8) is 0 Å². The normalized spacial score (nSPS) is 14.0. The Kier molecular flexibility index (Phi) is 5.72. The van der Waals surface area contributed by atoms with E-state index in [2.05, 4.69) is 5.32 Å². The molecule has 6 nitrogen and oxygen atoms in total. The van der Waals surface area contributed by atoms with Gasteiger partial charge in [-0.15, -0.1) is 0 Å². The summed E-state index contributed by atoms with van der Waals surface area (Å²) >= 11 is 0. The van der Waals surface area contributed by atoms with Crippen LogP contribution < -0.4 is 11.1 Å². The Labute approximate surface area is 132 Å². The fourth-order valence-electron chi connectivity index (χ4n) is 1.78. The lowest BCUT2D eigenvalue weighted by Gasteiger charge is -2.26. The predicted molar refractivity (Wildman–Crippen MR) is 86.6 cm³/mol. The Morgan fingerprint density at radius 1 is 1.27 bits per heavy atom. The topological polar surface area (TPSA) is 92.5 Å². The molecule has 0 fully saturated rings. The van der Waals surface area contributed by atoms with Crippen molar-refractivity contribution < 1.29 is 13.2 Å². The van der Waals surface area contributed by atoms with Crippen molar-refractivity contribution in [2.45, 2.75) is 38.3 Å². The standard InChI is InChI=1S/C15H25N3O3S/c1-15(2,3)13(16)14(19)17-10-11-8-6-7-9-12(11)22(20,21)18(4)5/h6-9,13H,10,16H2,1-5H3,(H,17,19)/t13-/m1/s1. The van der Waals surface area contributed by atoms with Crippen LogP contribution in [-0.4, -0.2) is 38.8 Å². The van der Waals surface area contributed by atoms with Gasteiger partial charge in [0.25, 0.3) is 0 Å². The number of amides is 1. The van der Waals surface area contributed by atoms with Crippen molar-refractivity contribution in [3.05, 3.63) is 29.8 Å². The number of carbonyl (C=O) groups is 1. The summed E-state index contributed by atoms with van der Waals surface area (Å²) in [6, 6.07) is 5.94. The maximum Gasteiger partial charge on any atom is 0.242 e. The second kappa shape index (κ2) is 6.76. The highest BCUT2D eigenvalue weighted by atomic mass is 32.2. The minimum atomic E-state index is -3.55. The zero-order valence-corrected chi connectivity index (χ0v) is 14.6. The van der Waals surface area contributed by atoms with Gasteiger partial charge in [-0.3, -0.25) is 4.79 Å². The highest BCUT2D eigenvalue weighted by molar-refractivity contribution is 7.89. The van der Waals surface area contributed by atoms with Crippen LogP contribution in [0.15, 0.2) is 29.2 Å². The first-order valence-electron chi connectivity index (χ1n) is 7.01. The molecule has 0 saturated heterocycles. The van der Waals surface area contributed by atoms with Crippen molar-refractivity contribution >= 4 is 15.9 Å². The van der Waals surface area contributed by atoms with E-state index in [-0.39, 0.29) is 22.8 Å². The second-order valence-electron chi connectivity index (χ2n) is 6.46. The Balaban J connectivity index is 2.96. The van der Waals surface area contributed by atoms with Gasteiger partial charge in [-0.1, -0.05) is 39.0 Å². The predicted octanol–water partition coefficient (Wildman–Crippen LogP) is 0.927. The van der Waals surface area contributed by atoms with Crippen LogP contribution in [0, 0.1) is 5.41 Å². The quantitative estimate of drug-likeness (QED) is 0.841. The van der Waals surface area contributed by atoms with E-state index < -0.39 is 16.1 Å². The molecule has 1 atom stereocenters. The molecule has 124 valence electrons. The molecule has 0 aromatic heterocycles. The van der Waals surface area contributed by atoms with Crippen LogP contribution in [0.3, 0.4) is 0 Å². The van der Waals surface area contributed by atoms with E-state index in [1.54, 1.807) is 18.2 Å². The summed E-state index contributed by atoms with van der Waals surface area (Å²) in [4.78, 5) is 12.2. The van der Waals surface area contributed by atoms with Gasteiger partial charge in [-0.05, 0) is 17.0 Å². The van der Waals surface area contributed by atoms with E-state index in [0.29, 0.717) is 5.56 Å². The molecule has 0 radical (unpaired) electrons. The zero-order chi connectivity index (χ0) is 17.1. The third-order valence-corrected chi connectivity index (χ3v) is 5.32. The monoisotopic (exact) mass is 327 g/mol. The van der Waals surface area contributed by atoms with Crippen LogP contribution in [0.4, 0.5) is 0 Å². The fraction of sp³-hybridized carbons (Fsp3) is 0.533. The van der Waals surface area contributed by atoms with Crippen molar-refractivity contribution in [1.82, 2.24) is 9.62 Å². The van der Waals surface area contributed by atoms with Crippen LogP contribution in [-0.2, 0) is 21.4 Å². The first-order chi connectivity index (χ1) is 9.98. The first-order valence-corrected chi connectivity index (χ1v) is 8.45. The zero-order valence-electron chi connectivity index (χ0n) is 13.8. The highest BCUT2D eigenvalue weighted by Crippen LogP contribution is 2.20. The number of nitrogens with one attached hydrogen (secondary N) is 1. The van der Waals surface area contributed by atoms with Crippen LogP contribution >= 0.6 is 0 Å². The molecule has 0 aliphatic rings. The summed E-state index contributed by atoms with van der Waals surface area (Å²) in [6.07, 6.45) is 0. The summed E-state index contributed by atoms with van der Waals surface area (Å²) < 4.78 is 25.7. The summed E-state index contributed by atoms with van der Waals surface area (Å²) in [6.45, 7) is 5.75. The number of nitrogens with zero attached hydrogens (tertiary/aromatic N) is 1. The number of sulfonamides is 1. The van der Waals surface area contributed by atoms with Gasteiger partial charge in [0.15, 0.2) is 0 Å². The number of carbonyl (C=O) groups excluding carboxylic acids is 1. The number of hydrogen-bond donors (Lipinski definition) is 2. The molecule has 3 N–H and O–H groups in total. The lowest BCUT2D eigenvalue weighted by Crippen LogP contribution is -2.48. The summed E-state index contributed by atoms with van der Waals surface area (Å²) in [7, 11) is -0.608. The van der Waals surface area contributed by atoms with Crippen LogP contribution in [0.5, 0.6) is 0 Å². The molecule has 22 heavy (non-hydrogen) atoms. The minimum absolute atomic E-state index is 0.117. The van der Waals surface area contributed by atoms with Gasteiger partial charge >= 0.3 is 0 Å². The molecule has 0 saturated carbocycles. The third kappa shape index (κ3) is 4.28. The van der Waals surface area contributed by atoms with Crippen molar-refractivity contribution in [2.75, 3.05) is 14.1 Å². The third-order valence-electron chi connectivity index (χ3n) is 3.40. The molecule has 0 aliphatic heterocycles. The molecule has 0 bridgehead atoms. The summed E-state index contributed by atoms with van der Waals surface area (Å²) in [5.74, 6) is -0.301. The van der Waals surface area contributed by atoms with Crippen molar-refractivity contribution in [2.24, 2.45) is 11.1 Å². The van der Waals surface area contributed by atoms with E-state index in [1.165, 1.54) is 20.2 Å². The minimum Gasteiger partial charge on any atom is -0.351 e. The molecule has 1 aromatic carbocycles. The Hall–Kier alpha value is -1.44. The molecule has 0 spiro atoms. The van der Waals surface area contributed by atoms with E-state index in [1.807, 2.05) is 20.8 Å². The fourth-order valence-corrected chi connectivity index (χ4v) is 2.90. The van der Waals surface area contributed by atoms with E-state index in [4.69, 9.17) is 5.73 Å². The van der Waals surface area contributed by atoms with Gasteiger partial charge in [0.2, 0.25) is 15.9 Å². The van der Waals surface area contributed by atoms with Crippen molar-refractivity contribution in [1.29, 1.82) is 0 Å². The van der Waals surface area contributed by atoms with Gasteiger partial charge in [0, 0.05) is 20.6 Å². The summed E-state index contributed by atoms with van der Waals surface area (Å²) in [5.41, 5.74) is 6.06. The van der Waals surface area contributed by atoms with Crippen LogP contribution in [0.25, 0.3) is 0 Å². The van der Waals surface area contributed by atoms with Gasteiger partial charge < -0.3 is 11.1 Å². The maximum atomic E-state index is 12.3. The smallest absolute Gasteiger partial charge is 0.242 e. The van der Waals surface area contributed by atoms with Gasteiger partial charge in [-0.2, -0.15) is 0 Å². The maximum absolute atomic E-state index is 12.3. The van der Waals surface area contributed by atoms with E-state index in [0.717, 1.165) is 4.31 Å². The summed E-state index contributed by atoms with van der Waals surface area (Å²) in [5, 5.41) is 2.71. The molecule has 7 heteroatoms. The number of rotatable bonds is 5. The van der Waals surface area contributed by atoms with Crippen LogP contribution in [0.2, 0.25) is 0 Å². The molecular formula is C15H25N3O3S. The lowest BCUT2D eigenvalue weighted by molar-refractivity contribution is -0.124. The van der Waals surface area contributed by atoms with Crippen molar-refractivity contribution in [3.8, 4) is 0 Å². The lowest BCUT2D eigenvalue weighted by atomic mass is 9.87. The van der Waals surface area contributed by atoms with E-state index in [9.17, 15) is 13.2 Å². The Morgan fingerprint density at radius 2 is 1.82 bits per heavy atom. The Morgan fingerprint density at radius 3 is 2.32 bits per heavy atom. The van der Waals surface area contributed by atoms with E-state index >= 15 is 0 Å². The largest absolute Gasteiger partial charge is 0.351 e. The van der Waals surface area contributed by atoms with Gasteiger partial charge in [0.1, 0.15) is 0 Å². The number of nitrogens with two attached hydrogens (primary N) is 1. The van der Waals surface area contributed by atoms with Gasteiger partial charge in [0.05, 0.1) is 10.9 Å². The van der Waals surface area contributed by atoms with Crippen LogP contribution in [0.1, 0.15) is 26.3 Å². The number of hydrogen-bond acceptors (Lipinski definition) is 4. The first kappa shape index (κ1) is 18.6. The SMILES string of the molecule is CN(C)S(=O)(=O)c1ccccc1CNC(=O)[C@@H](N)C(C)(C)C. The molecule has 1 aromatic rings. The van der Waals surface area contributed by atoms with Gasteiger partial charge in [-0.25, -0.2) is 12.7 Å². The molecule has 0 aliphatic carbocycles. The molecular weight excluding hydrogens is 302 g/mol. The molecule has 1 amide bonds. The average Bonchev–Trinajstić information content (AvgIpc) is 2.43. The Bertz CT molecular complexity index is 634. The second-order valence-corrected chi connectivity index (χ2v) is 8.58.